The largest absolute Gasteiger partial charge is 0.339 e. The molecule has 3 heterocycles. The SMILES string of the molecule is CN1CCNCC1c1noc(Cc2csc(Cc3ccccc3)n2)n1. The highest BCUT2D eigenvalue weighted by molar-refractivity contribution is 7.09. The summed E-state index contributed by atoms with van der Waals surface area (Å²) in [5.74, 6) is 1.38. The summed E-state index contributed by atoms with van der Waals surface area (Å²) in [7, 11) is 2.10. The van der Waals surface area contributed by atoms with Gasteiger partial charge in [0.05, 0.1) is 23.2 Å². The molecule has 1 aliphatic rings. The van der Waals surface area contributed by atoms with Gasteiger partial charge in [-0.1, -0.05) is 35.5 Å². The van der Waals surface area contributed by atoms with Crippen molar-refractivity contribution in [3.05, 3.63) is 63.7 Å². The number of benzene rings is 1. The average Bonchev–Trinajstić information content (AvgIpc) is 3.26. The van der Waals surface area contributed by atoms with Crippen LogP contribution in [0.5, 0.6) is 0 Å². The van der Waals surface area contributed by atoms with Gasteiger partial charge in [-0.15, -0.1) is 11.3 Å². The summed E-state index contributed by atoms with van der Waals surface area (Å²) < 4.78 is 5.45. The second kappa shape index (κ2) is 7.43. The van der Waals surface area contributed by atoms with Crippen LogP contribution in [-0.4, -0.2) is 46.7 Å². The first-order valence-electron chi connectivity index (χ1n) is 8.48. The molecule has 1 fully saturated rings. The molecule has 25 heavy (non-hydrogen) atoms. The van der Waals surface area contributed by atoms with E-state index >= 15 is 0 Å². The highest BCUT2D eigenvalue weighted by Crippen LogP contribution is 2.20. The highest BCUT2D eigenvalue weighted by Gasteiger charge is 2.25. The molecule has 4 rings (SSSR count). The Morgan fingerprint density at radius 2 is 2.12 bits per heavy atom. The van der Waals surface area contributed by atoms with Crippen molar-refractivity contribution in [1.82, 2.24) is 25.3 Å². The van der Waals surface area contributed by atoms with E-state index in [4.69, 9.17) is 9.51 Å². The first-order chi connectivity index (χ1) is 12.3. The fraction of sp³-hybridized carbons (Fsp3) is 0.389. The van der Waals surface area contributed by atoms with Crippen molar-refractivity contribution in [2.24, 2.45) is 0 Å². The molecule has 6 nitrogen and oxygen atoms in total. The molecule has 1 saturated heterocycles. The Bertz CT molecular complexity index is 816. The lowest BCUT2D eigenvalue weighted by atomic mass is 10.2. The van der Waals surface area contributed by atoms with Gasteiger partial charge in [0.25, 0.3) is 0 Å². The van der Waals surface area contributed by atoms with Gasteiger partial charge in [-0.2, -0.15) is 4.98 Å². The third kappa shape index (κ3) is 3.95. The van der Waals surface area contributed by atoms with Crippen LogP contribution in [0, 0.1) is 0 Å². The van der Waals surface area contributed by atoms with Crippen molar-refractivity contribution in [3.8, 4) is 0 Å². The molecule has 0 amide bonds. The van der Waals surface area contributed by atoms with E-state index in [0.717, 1.165) is 42.6 Å². The molecule has 2 aromatic heterocycles. The lowest BCUT2D eigenvalue weighted by Crippen LogP contribution is -2.44. The molecule has 130 valence electrons. The number of nitrogens with one attached hydrogen (secondary N) is 1. The van der Waals surface area contributed by atoms with Crippen LogP contribution < -0.4 is 5.32 Å². The van der Waals surface area contributed by atoms with Gasteiger partial charge < -0.3 is 9.84 Å². The Morgan fingerprint density at radius 3 is 2.96 bits per heavy atom. The van der Waals surface area contributed by atoms with Gasteiger partial charge in [-0.05, 0) is 12.6 Å². The maximum Gasteiger partial charge on any atom is 0.232 e. The average molecular weight is 355 g/mol. The van der Waals surface area contributed by atoms with Crippen molar-refractivity contribution < 1.29 is 4.52 Å². The van der Waals surface area contributed by atoms with Gasteiger partial charge in [0.2, 0.25) is 5.89 Å². The predicted molar refractivity (Wildman–Crippen MR) is 96.7 cm³/mol. The minimum atomic E-state index is 0.176. The summed E-state index contributed by atoms with van der Waals surface area (Å²) in [5, 5.41) is 10.7. The normalized spacial score (nSPS) is 18.5. The van der Waals surface area contributed by atoms with Crippen LogP contribution in [0.3, 0.4) is 0 Å². The van der Waals surface area contributed by atoms with E-state index < -0.39 is 0 Å². The standard InChI is InChI=1S/C18H21N5OS/c1-23-8-7-19-11-15(23)18-21-16(24-22-18)10-14-12-25-17(20-14)9-13-5-3-2-4-6-13/h2-6,12,15,19H,7-11H2,1H3. The van der Waals surface area contributed by atoms with E-state index in [0.29, 0.717) is 12.3 Å². The van der Waals surface area contributed by atoms with Gasteiger partial charge in [0.1, 0.15) is 0 Å². The monoisotopic (exact) mass is 355 g/mol. The molecule has 1 aliphatic heterocycles. The molecule has 7 heteroatoms. The fourth-order valence-corrected chi connectivity index (χ4v) is 3.83. The van der Waals surface area contributed by atoms with E-state index in [2.05, 4.69) is 57.1 Å². The zero-order valence-corrected chi connectivity index (χ0v) is 15.0. The summed E-state index contributed by atoms with van der Waals surface area (Å²) in [6, 6.07) is 10.6. The maximum absolute atomic E-state index is 5.45. The van der Waals surface area contributed by atoms with Crippen LogP contribution in [-0.2, 0) is 12.8 Å². The van der Waals surface area contributed by atoms with Crippen LogP contribution in [0.15, 0.2) is 40.2 Å². The summed E-state index contributed by atoms with van der Waals surface area (Å²) >= 11 is 1.68. The van der Waals surface area contributed by atoms with E-state index in [1.54, 1.807) is 11.3 Å². The molecule has 0 radical (unpaired) electrons. The predicted octanol–water partition coefficient (Wildman–Crippen LogP) is 2.28. The van der Waals surface area contributed by atoms with Gasteiger partial charge in [0, 0.05) is 31.4 Å². The third-order valence-corrected chi connectivity index (χ3v) is 5.32. The Labute approximate surface area is 150 Å². The number of likely N-dealkylation sites (N-methyl/N-ethyl adjacent to an activating group) is 1. The number of hydrogen-bond donors (Lipinski definition) is 1. The van der Waals surface area contributed by atoms with E-state index in [9.17, 15) is 0 Å². The fourth-order valence-electron chi connectivity index (χ4n) is 3.01. The minimum Gasteiger partial charge on any atom is -0.339 e. The molecule has 0 bridgehead atoms. The number of nitrogens with zero attached hydrogens (tertiary/aromatic N) is 4. The Kier molecular flexibility index (Phi) is 4.87. The van der Waals surface area contributed by atoms with Gasteiger partial charge >= 0.3 is 0 Å². The van der Waals surface area contributed by atoms with Crippen LogP contribution in [0.1, 0.15) is 34.0 Å². The number of piperazine rings is 1. The van der Waals surface area contributed by atoms with Crippen LogP contribution >= 0.6 is 11.3 Å². The lowest BCUT2D eigenvalue weighted by Gasteiger charge is -2.30. The maximum atomic E-state index is 5.45. The second-order valence-corrected chi connectivity index (χ2v) is 7.26. The Morgan fingerprint density at radius 1 is 1.24 bits per heavy atom. The number of rotatable bonds is 5. The smallest absolute Gasteiger partial charge is 0.232 e. The van der Waals surface area contributed by atoms with Crippen molar-refractivity contribution in [2.45, 2.75) is 18.9 Å². The number of hydrogen-bond acceptors (Lipinski definition) is 7. The topological polar surface area (TPSA) is 67.1 Å². The molecule has 0 spiro atoms. The second-order valence-electron chi connectivity index (χ2n) is 6.32. The molecule has 1 atom stereocenters. The van der Waals surface area contributed by atoms with E-state index in [1.165, 1.54) is 5.56 Å². The molecular weight excluding hydrogens is 334 g/mol. The Hall–Kier alpha value is -2.09. The molecule has 3 aromatic rings. The van der Waals surface area contributed by atoms with E-state index in [-0.39, 0.29) is 6.04 Å². The molecule has 1 unspecified atom stereocenters. The van der Waals surface area contributed by atoms with Crippen LogP contribution in [0.2, 0.25) is 0 Å². The van der Waals surface area contributed by atoms with E-state index in [1.807, 2.05) is 6.07 Å². The third-order valence-electron chi connectivity index (χ3n) is 4.42. The molecule has 0 saturated carbocycles. The van der Waals surface area contributed by atoms with Crippen LogP contribution in [0.25, 0.3) is 0 Å². The zero-order chi connectivity index (χ0) is 17.1. The Balaban J connectivity index is 1.41. The first kappa shape index (κ1) is 16.4. The van der Waals surface area contributed by atoms with Gasteiger partial charge in [-0.3, -0.25) is 4.90 Å². The molecule has 1 aromatic carbocycles. The quantitative estimate of drug-likeness (QED) is 0.757. The van der Waals surface area contributed by atoms with Crippen molar-refractivity contribution in [1.29, 1.82) is 0 Å². The minimum absolute atomic E-state index is 0.176. The first-order valence-corrected chi connectivity index (χ1v) is 9.36. The van der Waals surface area contributed by atoms with Gasteiger partial charge in [0.15, 0.2) is 5.82 Å². The summed E-state index contributed by atoms with van der Waals surface area (Å²) in [6.07, 6.45) is 1.45. The van der Waals surface area contributed by atoms with Gasteiger partial charge in [-0.25, -0.2) is 4.98 Å². The molecule has 1 N–H and O–H groups in total. The lowest BCUT2D eigenvalue weighted by molar-refractivity contribution is 0.190. The summed E-state index contributed by atoms with van der Waals surface area (Å²) in [6.45, 7) is 2.84. The van der Waals surface area contributed by atoms with Crippen molar-refractivity contribution in [2.75, 3.05) is 26.7 Å². The van der Waals surface area contributed by atoms with Crippen LogP contribution in [0.4, 0.5) is 0 Å². The van der Waals surface area contributed by atoms with Crippen molar-refractivity contribution >= 4 is 11.3 Å². The molecule has 0 aliphatic carbocycles. The number of aromatic nitrogens is 3. The summed E-state index contributed by atoms with van der Waals surface area (Å²) in [4.78, 5) is 11.5. The van der Waals surface area contributed by atoms with Crippen molar-refractivity contribution in [3.63, 3.8) is 0 Å². The highest BCUT2D eigenvalue weighted by atomic mass is 32.1. The number of thiazole rings is 1. The molecular formula is C18H21N5OS. The zero-order valence-electron chi connectivity index (χ0n) is 14.2. The summed E-state index contributed by atoms with van der Waals surface area (Å²) in [5.41, 5.74) is 2.26.